The largest absolute Gasteiger partial charge is 0.477 e. The SMILES string of the molecule is CC(C)(c1ccccc1)c1coc(CC[C@H]2C(Cl)C=C[C@@H]2COCc2ccc(C(=O)O)s2)c1. The molecule has 6 heteroatoms. The van der Waals surface area contributed by atoms with Gasteiger partial charge in [-0.2, -0.15) is 0 Å². The molecule has 1 unspecified atom stereocenters. The number of aromatic carboxylic acids is 1. The fourth-order valence-electron chi connectivity index (χ4n) is 4.36. The lowest BCUT2D eigenvalue weighted by atomic mass is 9.79. The lowest BCUT2D eigenvalue weighted by Gasteiger charge is -2.23. The molecule has 2 heterocycles. The minimum absolute atomic E-state index is 0.0193. The molecule has 2 aromatic heterocycles. The van der Waals surface area contributed by atoms with Gasteiger partial charge in [0.15, 0.2) is 0 Å². The van der Waals surface area contributed by atoms with Gasteiger partial charge in [-0.1, -0.05) is 56.3 Å². The zero-order valence-electron chi connectivity index (χ0n) is 18.9. The summed E-state index contributed by atoms with van der Waals surface area (Å²) in [7, 11) is 0. The summed E-state index contributed by atoms with van der Waals surface area (Å²) in [6.45, 7) is 5.41. The molecule has 0 saturated heterocycles. The van der Waals surface area contributed by atoms with Crippen molar-refractivity contribution in [2.75, 3.05) is 6.61 Å². The molecule has 1 aliphatic rings. The van der Waals surface area contributed by atoms with Gasteiger partial charge in [0.25, 0.3) is 0 Å². The molecule has 4 nitrogen and oxygen atoms in total. The highest BCUT2D eigenvalue weighted by molar-refractivity contribution is 7.13. The van der Waals surface area contributed by atoms with Gasteiger partial charge in [0, 0.05) is 28.2 Å². The summed E-state index contributed by atoms with van der Waals surface area (Å²) in [4.78, 5) is 12.3. The number of rotatable bonds is 10. The molecule has 0 bridgehead atoms. The maximum Gasteiger partial charge on any atom is 0.345 e. The molecule has 1 aromatic carbocycles. The topological polar surface area (TPSA) is 59.7 Å². The van der Waals surface area contributed by atoms with Crippen molar-refractivity contribution in [1.82, 2.24) is 0 Å². The van der Waals surface area contributed by atoms with Gasteiger partial charge in [-0.3, -0.25) is 0 Å². The van der Waals surface area contributed by atoms with Crippen LogP contribution in [0.1, 0.15) is 51.7 Å². The number of aryl methyl sites for hydroxylation is 1. The third-order valence-corrected chi connectivity index (χ3v) is 8.04. The van der Waals surface area contributed by atoms with Crippen LogP contribution in [-0.4, -0.2) is 23.1 Å². The van der Waals surface area contributed by atoms with Crippen LogP contribution < -0.4 is 0 Å². The van der Waals surface area contributed by atoms with Crippen LogP contribution in [0.15, 0.2) is 71.4 Å². The zero-order chi connectivity index (χ0) is 23.4. The Labute approximate surface area is 203 Å². The molecule has 3 aromatic rings. The number of carbonyl (C=O) groups is 1. The Kier molecular flexibility index (Phi) is 7.42. The number of benzene rings is 1. The normalized spacial score (nSPS) is 20.4. The number of thiophene rings is 1. The van der Waals surface area contributed by atoms with Gasteiger partial charge in [-0.15, -0.1) is 22.9 Å². The zero-order valence-corrected chi connectivity index (χ0v) is 20.4. The second-order valence-electron chi connectivity index (χ2n) is 9.07. The minimum Gasteiger partial charge on any atom is -0.477 e. The Morgan fingerprint density at radius 2 is 1.94 bits per heavy atom. The van der Waals surface area contributed by atoms with Crippen molar-refractivity contribution < 1.29 is 19.1 Å². The van der Waals surface area contributed by atoms with E-state index in [1.165, 1.54) is 22.5 Å². The molecule has 0 aliphatic heterocycles. The standard InChI is InChI=1S/C27H29ClO4S/c1-27(2,19-6-4-3-5-7-19)20-14-21(32-16-20)9-11-23-18(8-12-24(23)28)15-31-17-22-10-13-25(33-22)26(29)30/h3-8,10,12-14,16,18,23-24H,9,11,15,17H2,1-2H3,(H,29,30)/t18-,23-,24?/m1/s1. The maximum absolute atomic E-state index is 11.0. The molecule has 0 spiro atoms. The van der Waals surface area contributed by atoms with E-state index < -0.39 is 5.97 Å². The highest BCUT2D eigenvalue weighted by Gasteiger charge is 2.31. The molecule has 4 rings (SSSR count). The van der Waals surface area contributed by atoms with Crippen molar-refractivity contribution >= 4 is 28.9 Å². The molecular weight excluding hydrogens is 456 g/mol. The predicted octanol–water partition coefficient (Wildman–Crippen LogP) is 6.92. The Morgan fingerprint density at radius 3 is 2.67 bits per heavy atom. The third kappa shape index (κ3) is 5.60. The highest BCUT2D eigenvalue weighted by atomic mass is 35.5. The number of carboxylic acids is 1. The van der Waals surface area contributed by atoms with E-state index >= 15 is 0 Å². The quantitative estimate of drug-likeness (QED) is 0.250. The second-order valence-corrected chi connectivity index (χ2v) is 10.7. The summed E-state index contributed by atoms with van der Waals surface area (Å²) >= 11 is 7.85. The van der Waals surface area contributed by atoms with Crippen LogP contribution in [0.3, 0.4) is 0 Å². The Hall–Kier alpha value is -2.34. The molecule has 1 aliphatic carbocycles. The van der Waals surface area contributed by atoms with Gasteiger partial charge in [0.1, 0.15) is 10.6 Å². The van der Waals surface area contributed by atoms with Gasteiger partial charge in [-0.05, 0) is 36.1 Å². The van der Waals surface area contributed by atoms with E-state index in [0.717, 1.165) is 23.5 Å². The molecule has 0 radical (unpaired) electrons. The molecule has 0 amide bonds. The van der Waals surface area contributed by atoms with E-state index in [0.29, 0.717) is 18.1 Å². The Balaban J connectivity index is 1.31. The van der Waals surface area contributed by atoms with Crippen molar-refractivity contribution in [1.29, 1.82) is 0 Å². The van der Waals surface area contributed by atoms with E-state index in [-0.39, 0.29) is 22.6 Å². The summed E-state index contributed by atoms with van der Waals surface area (Å²) in [5.74, 6) is 0.592. The lowest BCUT2D eigenvalue weighted by Crippen LogP contribution is -2.21. The lowest BCUT2D eigenvalue weighted by molar-refractivity contribution is 0.0702. The van der Waals surface area contributed by atoms with Crippen LogP contribution >= 0.6 is 22.9 Å². The first kappa shape index (κ1) is 23.8. The molecule has 174 valence electrons. The molecule has 1 N–H and O–H groups in total. The van der Waals surface area contributed by atoms with Gasteiger partial charge in [0.05, 0.1) is 24.9 Å². The molecular formula is C27H29ClO4S. The number of furan rings is 1. The average Bonchev–Trinajstić information content (AvgIpc) is 3.54. The van der Waals surface area contributed by atoms with Crippen molar-refractivity contribution in [2.24, 2.45) is 11.8 Å². The molecule has 0 fully saturated rings. The average molecular weight is 485 g/mol. The number of hydrogen-bond acceptors (Lipinski definition) is 4. The summed E-state index contributed by atoms with van der Waals surface area (Å²) in [5, 5.41) is 9.04. The summed E-state index contributed by atoms with van der Waals surface area (Å²) < 4.78 is 11.8. The number of hydrogen-bond donors (Lipinski definition) is 1. The monoisotopic (exact) mass is 484 g/mol. The van der Waals surface area contributed by atoms with Crippen molar-refractivity contribution in [2.45, 2.75) is 44.1 Å². The molecule has 33 heavy (non-hydrogen) atoms. The highest BCUT2D eigenvalue weighted by Crippen LogP contribution is 2.36. The maximum atomic E-state index is 11.0. The second kappa shape index (κ2) is 10.3. The number of allylic oxidation sites excluding steroid dienone is 1. The smallest absolute Gasteiger partial charge is 0.345 e. The summed E-state index contributed by atoms with van der Waals surface area (Å²) in [6, 6.07) is 16.1. The fourth-order valence-corrected chi connectivity index (χ4v) is 5.54. The van der Waals surface area contributed by atoms with E-state index in [1.807, 2.05) is 18.4 Å². The van der Waals surface area contributed by atoms with Crippen molar-refractivity contribution in [3.05, 3.63) is 93.6 Å². The van der Waals surface area contributed by atoms with Crippen molar-refractivity contribution in [3.8, 4) is 0 Å². The van der Waals surface area contributed by atoms with Crippen LogP contribution in [0.2, 0.25) is 0 Å². The number of halogens is 1. The van der Waals surface area contributed by atoms with Crippen LogP contribution in [0.25, 0.3) is 0 Å². The van der Waals surface area contributed by atoms with Crippen LogP contribution in [0.5, 0.6) is 0 Å². The summed E-state index contributed by atoms with van der Waals surface area (Å²) in [6.07, 6.45) is 7.81. The van der Waals surface area contributed by atoms with E-state index in [1.54, 1.807) is 6.07 Å². The Bertz CT molecular complexity index is 1100. The van der Waals surface area contributed by atoms with E-state index in [4.69, 9.17) is 25.9 Å². The van der Waals surface area contributed by atoms with Crippen LogP contribution in [-0.2, 0) is 23.2 Å². The number of ether oxygens (including phenoxy) is 1. The first-order valence-corrected chi connectivity index (χ1v) is 12.5. The number of carboxylic acid groups (broad SMARTS) is 1. The third-order valence-electron chi connectivity index (χ3n) is 6.52. The van der Waals surface area contributed by atoms with Gasteiger partial charge < -0.3 is 14.3 Å². The van der Waals surface area contributed by atoms with E-state index in [2.05, 4.69) is 56.3 Å². The van der Waals surface area contributed by atoms with Crippen LogP contribution in [0.4, 0.5) is 0 Å². The molecule has 0 saturated carbocycles. The minimum atomic E-state index is -0.900. The van der Waals surface area contributed by atoms with Gasteiger partial charge in [0.2, 0.25) is 0 Å². The fraction of sp³-hybridized carbons (Fsp3) is 0.370. The van der Waals surface area contributed by atoms with E-state index in [9.17, 15) is 4.79 Å². The van der Waals surface area contributed by atoms with Crippen LogP contribution in [0, 0.1) is 11.8 Å². The predicted molar refractivity (Wildman–Crippen MR) is 132 cm³/mol. The summed E-state index contributed by atoms with van der Waals surface area (Å²) in [5.41, 5.74) is 2.31. The number of alkyl halides is 1. The Morgan fingerprint density at radius 1 is 1.15 bits per heavy atom. The first-order chi connectivity index (χ1) is 15.8. The van der Waals surface area contributed by atoms with Crippen molar-refractivity contribution in [3.63, 3.8) is 0 Å². The first-order valence-electron chi connectivity index (χ1n) is 11.2. The molecule has 3 atom stereocenters. The van der Waals surface area contributed by atoms with Gasteiger partial charge in [-0.25, -0.2) is 4.79 Å². The van der Waals surface area contributed by atoms with Gasteiger partial charge >= 0.3 is 5.97 Å².